The number of methoxy groups -OCH3 is 1. The van der Waals surface area contributed by atoms with E-state index in [1.54, 1.807) is 12.1 Å². The van der Waals surface area contributed by atoms with Gasteiger partial charge in [-0.05, 0) is 18.2 Å². The van der Waals surface area contributed by atoms with Crippen LogP contribution in [0.25, 0.3) is 0 Å². The van der Waals surface area contributed by atoms with E-state index in [1.807, 2.05) is 0 Å². The second-order valence-electron chi connectivity index (χ2n) is 4.62. The van der Waals surface area contributed by atoms with Gasteiger partial charge >= 0.3 is 6.18 Å². The van der Waals surface area contributed by atoms with Crippen LogP contribution in [0.4, 0.5) is 13.2 Å². The van der Waals surface area contributed by atoms with Crippen molar-refractivity contribution in [2.75, 3.05) is 33.3 Å². The summed E-state index contributed by atoms with van der Waals surface area (Å²) in [5, 5.41) is 3.06. The highest BCUT2D eigenvalue weighted by molar-refractivity contribution is 9.10. The molecule has 0 saturated carbocycles. The maximum absolute atomic E-state index is 13.5. The molecule has 120 valence electrons. The molecule has 0 aliphatic carbocycles. The highest BCUT2D eigenvalue weighted by Crippen LogP contribution is 2.42. The summed E-state index contributed by atoms with van der Waals surface area (Å²) in [6.07, 6.45) is -4.34. The van der Waals surface area contributed by atoms with Crippen LogP contribution in [0.2, 0.25) is 0 Å². The molecule has 1 atom stereocenters. The zero-order valence-electron chi connectivity index (χ0n) is 11.4. The van der Waals surface area contributed by atoms with Crippen LogP contribution in [0, 0.1) is 0 Å². The lowest BCUT2D eigenvalue weighted by molar-refractivity contribution is -0.188. The molecular weight excluding hydrogens is 373 g/mol. The monoisotopic (exact) mass is 388 g/mol. The summed E-state index contributed by atoms with van der Waals surface area (Å²) >= 11 is 3.23. The van der Waals surface area contributed by atoms with Gasteiger partial charge in [0.15, 0.2) is 0 Å². The quantitative estimate of drug-likeness (QED) is 0.858. The Balaban J connectivity index is 0.00000220. The van der Waals surface area contributed by atoms with Gasteiger partial charge < -0.3 is 10.1 Å². The standard InChI is InChI=1S/C13H16BrF3N2O.ClH/c1-20-11-3-2-9(14)8-10(11)12(13(15,16)17)19-6-4-18-5-7-19;/h2-3,8,12,18H,4-7H2,1H3;1H/t12-;/m1./s1. The zero-order valence-corrected chi connectivity index (χ0v) is 13.8. The van der Waals surface area contributed by atoms with Crippen molar-refractivity contribution in [2.45, 2.75) is 12.2 Å². The van der Waals surface area contributed by atoms with Crippen molar-refractivity contribution in [1.82, 2.24) is 10.2 Å². The largest absolute Gasteiger partial charge is 0.496 e. The number of rotatable bonds is 3. The summed E-state index contributed by atoms with van der Waals surface area (Å²) < 4.78 is 46.2. The van der Waals surface area contributed by atoms with Crippen LogP contribution in [0.3, 0.4) is 0 Å². The van der Waals surface area contributed by atoms with Crippen LogP contribution in [0.15, 0.2) is 22.7 Å². The van der Waals surface area contributed by atoms with E-state index < -0.39 is 12.2 Å². The fraction of sp³-hybridized carbons (Fsp3) is 0.538. The molecule has 0 spiro atoms. The summed E-state index contributed by atoms with van der Waals surface area (Å²) in [5.41, 5.74) is 0.149. The fourth-order valence-electron chi connectivity index (χ4n) is 2.44. The topological polar surface area (TPSA) is 24.5 Å². The van der Waals surface area contributed by atoms with Crippen LogP contribution in [-0.2, 0) is 0 Å². The summed E-state index contributed by atoms with van der Waals surface area (Å²) in [6, 6.07) is 3.07. The molecule has 0 unspecified atom stereocenters. The average Bonchev–Trinajstić information content (AvgIpc) is 2.39. The first-order valence-corrected chi connectivity index (χ1v) is 7.07. The summed E-state index contributed by atoms with van der Waals surface area (Å²) in [4.78, 5) is 1.45. The third-order valence-corrected chi connectivity index (χ3v) is 3.81. The number of halogens is 5. The molecule has 0 amide bonds. The van der Waals surface area contributed by atoms with E-state index in [9.17, 15) is 13.2 Å². The molecule has 1 aromatic rings. The Kier molecular flexibility index (Phi) is 6.77. The predicted molar refractivity (Wildman–Crippen MR) is 81.2 cm³/mol. The Morgan fingerprint density at radius 3 is 2.43 bits per heavy atom. The van der Waals surface area contributed by atoms with Crippen molar-refractivity contribution < 1.29 is 17.9 Å². The molecule has 1 saturated heterocycles. The molecule has 1 heterocycles. The number of benzene rings is 1. The maximum atomic E-state index is 13.5. The third-order valence-electron chi connectivity index (χ3n) is 3.31. The van der Waals surface area contributed by atoms with E-state index in [4.69, 9.17) is 4.74 Å². The number of piperazine rings is 1. The van der Waals surface area contributed by atoms with Gasteiger partial charge in [-0.3, -0.25) is 4.90 Å². The van der Waals surface area contributed by atoms with Crippen LogP contribution >= 0.6 is 28.3 Å². The Morgan fingerprint density at radius 2 is 1.90 bits per heavy atom. The normalized spacial score (nSPS) is 18.0. The highest BCUT2D eigenvalue weighted by atomic mass is 79.9. The lowest BCUT2D eigenvalue weighted by Gasteiger charge is -2.36. The molecule has 0 radical (unpaired) electrons. The third kappa shape index (κ3) is 4.48. The summed E-state index contributed by atoms with van der Waals surface area (Å²) in [7, 11) is 1.39. The van der Waals surface area contributed by atoms with Gasteiger partial charge in [0.05, 0.1) is 7.11 Å². The van der Waals surface area contributed by atoms with E-state index in [-0.39, 0.29) is 23.7 Å². The molecule has 1 aliphatic rings. The Bertz CT molecular complexity index is 467. The van der Waals surface area contributed by atoms with Crippen LogP contribution < -0.4 is 10.1 Å². The van der Waals surface area contributed by atoms with E-state index in [2.05, 4.69) is 21.2 Å². The SMILES string of the molecule is COc1ccc(Br)cc1[C@@H](N1CCNCC1)C(F)(F)F.Cl. The molecule has 1 aliphatic heterocycles. The average molecular weight is 390 g/mol. The fourth-order valence-corrected chi connectivity index (χ4v) is 2.82. The van der Waals surface area contributed by atoms with E-state index in [0.717, 1.165) is 0 Å². The minimum absolute atomic E-state index is 0. The minimum Gasteiger partial charge on any atom is -0.496 e. The molecule has 0 aromatic heterocycles. The number of hydrogen-bond donors (Lipinski definition) is 1. The zero-order chi connectivity index (χ0) is 14.8. The van der Waals surface area contributed by atoms with Gasteiger partial charge in [-0.2, -0.15) is 13.2 Å². The van der Waals surface area contributed by atoms with Gasteiger partial charge in [-0.25, -0.2) is 0 Å². The van der Waals surface area contributed by atoms with Gasteiger partial charge in [0, 0.05) is 36.2 Å². The lowest BCUT2D eigenvalue weighted by atomic mass is 10.0. The molecule has 2 rings (SSSR count). The first kappa shape index (κ1) is 18.5. The lowest BCUT2D eigenvalue weighted by Crippen LogP contribution is -2.49. The molecule has 3 nitrogen and oxygen atoms in total. The van der Waals surface area contributed by atoms with Crippen LogP contribution in [0.5, 0.6) is 5.75 Å². The van der Waals surface area contributed by atoms with Crippen LogP contribution in [0.1, 0.15) is 11.6 Å². The van der Waals surface area contributed by atoms with E-state index >= 15 is 0 Å². The van der Waals surface area contributed by atoms with Crippen molar-refractivity contribution >= 4 is 28.3 Å². The van der Waals surface area contributed by atoms with Gasteiger partial charge in [-0.1, -0.05) is 15.9 Å². The number of nitrogens with one attached hydrogen (secondary N) is 1. The van der Waals surface area contributed by atoms with Gasteiger partial charge in [0.25, 0.3) is 0 Å². The number of hydrogen-bond acceptors (Lipinski definition) is 3. The van der Waals surface area contributed by atoms with Crippen LogP contribution in [-0.4, -0.2) is 44.4 Å². The van der Waals surface area contributed by atoms with Gasteiger partial charge in [0.2, 0.25) is 0 Å². The minimum atomic E-state index is -4.34. The van der Waals surface area contributed by atoms with Crippen molar-refractivity contribution in [1.29, 1.82) is 0 Å². The molecule has 1 fully saturated rings. The second-order valence-corrected chi connectivity index (χ2v) is 5.53. The molecule has 1 N–H and O–H groups in total. The molecule has 8 heteroatoms. The summed E-state index contributed by atoms with van der Waals surface area (Å²) in [5.74, 6) is 0.258. The second kappa shape index (κ2) is 7.67. The number of nitrogens with zero attached hydrogens (tertiary/aromatic N) is 1. The predicted octanol–water partition coefficient (Wildman–Crippen LogP) is 3.39. The van der Waals surface area contributed by atoms with E-state index in [1.165, 1.54) is 18.1 Å². The Hall–Kier alpha value is -0.500. The molecule has 21 heavy (non-hydrogen) atoms. The number of ether oxygens (including phenoxy) is 1. The van der Waals surface area contributed by atoms with E-state index in [0.29, 0.717) is 30.7 Å². The van der Waals surface area contributed by atoms with Crippen molar-refractivity contribution in [3.05, 3.63) is 28.2 Å². The Morgan fingerprint density at radius 1 is 1.29 bits per heavy atom. The first-order chi connectivity index (χ1) is 9.43. The van der Waals surface area contributed by atoms with Gasteiger partial charge in [0.1, 0.15) is 11.8 Å². The number of alkyl halides is 3. The Labute approximate surface area is 136 Å². The molecule has 1 aromatic carbocycles. The first-order valence-electron chi connectivity index (χ1n) is 6.28. The van der Waals surface area contributed by atoms with Crippen molar-refractivity contribution in [3.8, 4) is 5.75 Å². The molecule has 0 bridgehead atoms. The van der Waals surface area contributed by atoms with Crippen molar-refractivity contribution in [3.63, 3.8) is 0 Å². The smallest absolute Gasteiger partial charge is 0.408 e. The highest BCUT2D eigenvalue weighted by Gasteiger charge is 2.46. The molecular formula is C13H17BrClF3N2O. The van der Waals surface area contributed by atoms with Gasteiger partial charge in [-0.15, -0.1) is 12.4 Å². The maximum Gasteiger partial charge on any atom is 0.408 e. The summed E-state index contributed by atoms with van der Waals surface area (Å²) in [6.45, 7) is 1.84. The van der Waals surface area contributed by atoms with Crippen molar-refractivity contribution in [2.24, 2.45) is 0 Å².